The number of aromatic nitrogens is 2. The van der Waals surface area contributed by atoms with Gasteiger partial charge in [0.2, 0.25) is 11.8 Å². The molecule has 1 heterocycles. The van der Waals surface area contributed by atoms with Crippen molar-refractivity contribution in [3.63, 3.8) is 0 Å². The number of ether oxygens (including phenoxy) is 3. The molecular formula is C25H29F2N3O4. The number of halogens is 2. The molecule has 0 atom stereocenters. The maximum absolute atomic E-state index is 14.5. The van der Waals surface area contributed by atoms with Crippen molar-refractivity contribution in [1.82, 2.24) is 14.7 Å². The van der Waals surface area contributed by atoms with E-state index < -0.39 is 11.6 Å². The summed E-state index contributed by atoms with van der Waals surface area (Å²) in [6.45, 7) is 4.56. The van der Waals surface area contributed by atoms with Crippen LogP contribution in [-0.2, 0) is 22.5 Å². The first-order valence-corrected chi connectivity index (χ1v) is 11.1. The number of methoxy groups -OCH3 is 2. The van der Waals surface area contributed by atoms with E-state index >= 15 is 0 Å². The van der Waals surface area contributed by atoms with Crippen molar-refractivity contribution < 1.29 is 27.8 Å². The minimum absolute atomic E-state index is 0.0587. The van der Waals surface area contributed by atoms with Gasteiger partial charge in [-0.2, -0.15) is 5.10 Å². The molecule has 182 valence electrons. The Balaban J connectivity index is 2.13. The molecule has 7 nitrogen and oxygen atoms in total. The van der Waals surface area contributed by atoms with E-state index in [4.69, 9.17) is 19.3 Å². The fourth-order valence-corrected chi connectivity index (χ4v) is 3.55. The van der Waals surface area contributed by atoms with Gasteiger partial charge in [0, 0.05) is 19.7 Å². The fourth-order valence-electron chi connectivity index (χ4n) is 3.55. The molecule has 0 aliphatic heterocycles. The van der Waals surface area contributed by atoms with E-state index in [9.17, 15) is 13.6 Å². The van der Waals surface area contributed by atoms with Gasteiger partial charge in [0.1, 0.15) is 18.2 Å². The third kappa shape index (κ3) is 5.72. The summed E-state index contributed by atoms with van der Waals surface area (Å²) in [7, 11) is 3.04. The van der Waals surface area contributed by atoms with Crippen molar-refractivity contribution in [2.75, 3.05) is 27.4 Å². The molecular weight excluding hydrogens is 444 g/mol. The summed E-state index contributed by atoms with van der Waals surface area (Å²) >= 11 is 0. The Morgan fingerprint density at radius 3 is 2.41 bits per heavy atom. The summed E-state index contributed by atoms with van der Waals surface area (Å²) in [4.78, 5) is 14.3. The van der Waals surface area contributed by atoms with E-state index in [-0.39, 0.29) is 30.7 Å². The summed E-state index contributed by atoms with van der Waals surface area (Å²) in [6.07, 6.45) is 1.30. The lowest BCUT2D eigenvalue weighted by Gasteiger charge is -2.22. The van der Waals surface area contributed by atoms with Gasteiger partial charge in [0.05, 0.1) is 30.6 Å². The van der Waals surface area contributed by atoms with E-state index in [1.54, 1.807) is 41.0 Å². The highest BCUT2D eigenvalue weighted by Crippen LogP contribution is 2.34. The molecule has 1 aromatic heterocycles. The number of carbonyl (C=O) groups is 1. The average Bonchev–Trinajstić information content (AvgIpc) is 3.17. The third-order valence-corrected chi connectivity index (χ3v) is 5.24. The maximum Gasteiger partial charge on any atom is 0.248 e. The molecule has 0 aliphatic carbocycles. The molecule has 0 aliphatic rings. The molecule has 0 saturated heterocycles. The zero-order valence-electron chi connectivity index (χ0n) is 19.8. The summed E-state index contributed by atoms with van der Waals surface area (Å²) in [5, 5.41) is 4.70. The van der Waals surface area contributed by atoms with Crippen molar-refractivity contribution >= 4 is 5.91 Å². The zero-order chi connectivity index (χ0) is 24.7. The van der Waals surface area contributed by atoms with Crippen LogP contribution >= 0.6 is 0 Å². The first-order valence-electron chi connectivity index (χ1n) is 11.1. The molecule has 1 amide bonds. The average molecular weight is 474 g/mol. The zero-order valence-corrected chi connectivity index (χ0v) is 19.8. The number of rotatable bonds is 11. The molecule has 0 spiro atoms. The second-order valence-electron chi connectivity index (χ2n) is 7.62. The molecule has 2 aromatic carbocycles. The summed E-state index contributed by atoms with van der Waals surface area (Å²) < 4.78 is 45.8. The first kappa shape index (κ1) is 25.2. The highest BCUT2D eigenvalue weighted by molar-refractivity contribution is 5.77. The van der Waals surface area contributed by atoms with Crippen LogP contribution in [0.4, 0.5) is 8.78 Å². The van der Waals surface area contributed by atoms with Crippen molar-refractivity contribution in [2.45, 2.75) is 33.2 Å². The van der Waals surface area contributed by atoms with Crippen molar-refractivity contribution in [3.8, 4) is 23.1 Å². The molecule has 9 heteroatoms. The first-order chi connectivity index (χ1) is 16.4. The monoisotopic (exact) mass is 473 g/mol. The molecule has 0 bridgehead atoms. The topological polar surface area (TPSA) is 65.8 Å². The standard InChI is InChI=1S/C25H29F2N3O4/c1-5-13-29(24(31)16-32-3)15-20-22(6-2)28-30(18-8-10-19(33-4)11-9-18)25(20)34-23-12-7-17(26)14-21(23)27/h7-12,14H,5-6,13,15-16H2,1-4H3. The van der Waals surface area contributed by atoms with Crippen LogP contribution in [0.15, 0.2) is 42.5 Å². The summed E-state index contributed by atoms with van der Waals surface area (Å²) in [6, 6.07) is 10.2. The Labute approximate surface area is 197 Å². The predicted octanol–water partition coefficient (Wildman–Crippen LogP) is 4.90. The van der Waals surface area contributed by atoms with Crippen LogP contribution in [0.3, 0.4) is 0 Å². The minimum atomic E-state index is -0.840. The van der Waals surface area contributed by atoms with E-state index in [0.29, 0.717) is 35.7 Å². The quantitative estimate of drug-likeness (QED) is 0.396. The van der Waals surface area contributed by atoms with Crippen LogP contribution in [0, 0.1) is 11.6 Å². The van der Waals surface area contributed by atoms with E-state index in [0.717, 1.165) is 18.6 Å². The van der Waals surface area contributed by atoms with E-state index in [1.807, 2.05) is 13.8 Å². The van der Waals surface area contributed by atoms with Crippen molar-refractivity contribution in [2.24, 2.45) is 0 Å². The molecule has 0 fully saturated rings. The SMILES string of the molecule is CCCN(Cc1c(CC)nn(-c2ccc(OC)cc2)c1Oc1ccc(F)cc1F)C(=O)COC. The van der Waals surface area contributed by atoms with Crippen molar-refractivity contribution in [1.29, 1.82) is 0 Å². The Morgan fingerprint density at radius 1 is 1.09 bits per heavy atom. The van der Waals surface area contributed by atoms with Crippen LogP contribution < -0.4 is 9.47 Å². The lowest BCUT2D eigenvalue weighted by atomic mass is 10.1. The van der Waals surface area contributed by atoms with Crippen LogP contribution in [0.25, 0.3) is 5.69 Å². The summed E-state index contributed by atoms with van der Waals surface area (Å²) in [5.41, 5.74) is 1.99. The van der Waals surface area contributed by atoms with Crippen LogP contribution in [0.5, 0.6) is 17.4 Å². The van der Waals surface area contributed by atoms with Crippen LogP contribution in [0.1, 0.15) is 31.5 Å². The lowest BCUT2D eigenvalue weighted by molar-refractivity contribution is -0.135. The molecule has 0 radical (unpaired) electrons. The number of carbonyl (C=O) groups excluding carboxylic acids is 1. The number of hydrogen-bond donors (Lipinski definition) is 0. The van der Waals surface area contributed by atoms with Crippen molar-refractivity contribution in [3.05, 3.63) is 65.4 Å². The van der Waals surface area contributed by atoms with Gasteiger partial charge in [-0.25, -0.2) is 13.5 Å². The molecule has 3 aromatic rings. The van der Waals surface area contributed by atoms with E-state index in [2.05, 4.69) is 0 Å². The van der Waals surface area contributed by atoms with Crippen LogP contribution in [-0.4, -0.2) is 48.0 Å². The molecule has 3 rings (SSSR count). The molecule has 0 unspecified atom stereocenters. The number of amides is 1. The molecule has 0 N–H and O–H groups in total. The normalized spacial score (nSPS) is 10.9. The highest BCUT2D eigenvalue weighted by Gasteiger charge is 2.25. The fraction of sp³-hybridized carbons (Fsp3) is 0.360. The van der Waals surface area contributed by atoms with Gasteiger partial charge >= 0.3 is 0 Å². The van der Waals surface area contributed by atoms with Gasteiger partial charge in [-0.05, 0) is 49.2 Å². The Hall–Kier alpha value is -3.46. The van der Waals surface area contributed by atoms with Crippen LogP contribution in [0.2, 0.25) is 0 Å². The number of nitrogens with zero attached hydrogens (tertiary/aromatic N) is 3. The van der Waals surface area contributed by atoms with Gasteiger partial charge in [-0.15, -0.1) is 0 Å². The number of hydrogen-bond acceptors (Lipinski definition) is 5. The lowest BCUT2D eigenvalue weighted by Crippen LogP contribution is -2.34. The van der Waals surface area contributed by atoms with E-state index in [1.165, 1.54) is 13.2 Å². The Morgan fingerprint density at radius 2 is 1.82 bits per heavy atom. The Kier molecular flexibility index (Phi) is 8.59. The highest BCUT2D eigenvalue weighted by atomic mass is 19.1. The van der Waals surface area contributed by atoms with Gasteiger partial charge in [0.25, 0.3) is 0 Å². The number of aryl methyl sites for hydroxylation is 1. The molecule has 34 heavy (non-hydrogen) atoms. The Bertz CT molecular complexity index is 1120. The molecule has 0 saturated carbocycles. The number of benzene rings is 2. The smallest absolute Gasteiger partial charge is 0.248 e. The largest absolute Gasteiger partial charge is 0.497 e. The second-order valence-corrected chi connectivity index (χ2v) is 7.62. The van der Waals surface area contributed by atoms with Gasteiger partial charge in [-0.3, -0.25) is 4.79 Å². The predicted molar refractivity (Wildman–Crippen MR) is 124 cm³/mol. The minimum Gasteiger partial charge on any atom is -0.497 e. The maximum atomic E-state index is 14.5. The second kappa shape index (κ2) is 11.6. The van der Waals surface area contributed by atoms with Gasteiger partial charge in [0.15, 0.2) is 11.6 Å². The summed E-state index contributed by atoms with van der Waals surface area (Å²) in [5.74, 6) is -0.959. The van der Waals surface area contributed by atoms with Gasteiger partial charge in [-0.1, -0.05) is 13.8 Å². The van der Waals surface area contributed by atoms with Gasteiger partial charge < -0.3 is 19.1 Å². The third-order valence-electron chi connectivity index (χ3n) is 5.24.